The van der Waals surface area contributed by atoms with E-state index in [4.69, 9.17) is 9.26 Å². The van der Waals surface area contributed by atoms with Gasteiger partial charge in [0.1, 0.15) is 0 Å². The van der Waals surface area contributed by atoms with E-state index in [1.54, 1.807) is 19.1 Å². The first-order valence-corrected chi connectivity index (χ1v) is 7.30. The molecule has 0 aliphatic rings. The van der Waals surface area contributed by atoms with Gasteiger partial charge in [0.05, 0.1) is 4.92 Å². The first kappa shape index (κ1) is 15.7. The van der Waals surface area contributed by atoms with Gasteiger partial charge in [0, 0.05) is 11.6 Å². The number of nitro groups is 1. The predicted octanol–water partition coefficient (Wildman–Crippen LogP) is 3.84. The second-order valence-electron chi connectivity index (χ2n) is 5.40. The number of benzene rings is 2. The van der Waals surface area contributed by atoms with Crippen molar-refractivity contribution in [1.29, 1.82) is 0 Å². The van der Waals surface area contributed by atoms with Gasteiger partial charge in [-0.05, 0) is 37.6 Å². The van der Waals surface area contributed by atoms with Crippen LogP contribution >= 0.6 is 0 Å². The largest absolute Gasteiger partial charge is 0.478 e. The summed E-state index contributed by atoms with van der Waals surface area (Å²) in [5, 5.41) is 14.9. The van der Waals surface area contributed by atoms with Gasteiger partial charge in [0.15, 0.2) is 12.4 Å². The van der Waals surface area contributed by atoms with Gasteiger partial charge >= 0.3 is 5.69 Å². The molecule has 0 unspecified atom stereocenters. The molecule has 1 heterocycles. The van der Waals surface area contributed by atoms with E-state index in [2.05, 4.69) is 10.1 Å². The number of aryl methyl sites for hydroxylation is 2. The Morgan fingerprint density at radius 3 is 2.54 bits per heavy atom. The van der Waals surface area contributed by atoms with Crippen molar-refractivity contribution in [3.8, 4) is 17.2 Å². The fourth-order valence-corrected chi connectivity index (χ4v) is 2.16. The molecule has 0 N–H and O–H groups in total. The lowest BCUT2D eigenvalue weighted by molar-refractivity contribution is -0.386. The van der Waals surface area contributed by atoms with Crippen molar-refractivity contribution in [2.45, 2.75) is 20.5 Å². The molecular formula is C17H15N3O4. The molecule has 0 aliphatic carbocycles. The van der Waals surface area contributed by atoms with E-state index < -0.39 is 4.92 Å². The topological polar surface area (TPSA) is 91.3 Å². The number of nitro benzene ring substituents is 1. The number of hydrogen-bond donors (Lipinski definition) is 0. The molecule has 0 saturated heterocycles. The summed E-state index contributed by atoms with van der Waals surface area (Å²) in [6.07, 6.45) is 0. The van der Waals surface area contributed by atoms with E-state index in [9.17, 15) is 10.1 Å². The number of rotatable bonds is 5. The molecule has 7 nitrogen and oxygen atoms in total. The maximum absolute atomic E-state index is 11.1. The number of aromatic nitrogens is 2. The predicted molar refractivity (Wildman–Crippen MR) is 86.6 cm³/mol. The van der Waals surface area contributed by atoms with E-state index in [0.717, 1.165) is 16.7 Å². The maximum Gasteiger partial charge on any atom is 0.311 e. The molecule has 3 aromatic rings. The minimum absolute atomic E-state index is 0.0146. The first-order valence-electron chi connectivity index (χ1n) is 7.30. The molecule has 3 rings (SSSR count). The second kappa shape index (κ2) is 6.49. The first-order chi connectivity index (χ1) is 11.5. The number of hydrogen-bond acceptors (Lipinski definition) is 6. The third kappa shape index (κ3) is 3.40. The van der Waals surface area contributed by atoms with Crippen LogP contribution < -0.4 is 4.74 Å². The van der Waals surface area contributed by atoms with Crippen LogP contribution in [0.4, 0.5) is 5.69 Å². The van der Waals surface area contributed by atoms with Gasteiger partial charge in [-0.1, -0.05) is 28.9 Å². The zero-order chi connectivity index (χ0) is 17.1. The summed E-state index contributed by atoms with van der Waals surface area (Å²) in [5.41, 5.74) is 2.64. The van der Waals surface area contributed by atoms with Crippen LogP contribution in [0.1, 0.15) is 17.0 Å². The minimum Gasteiger partial charge on any atom is -0.478 e. The van der Waals surface area contributed by atoms with Crippen LogP contribution in [0.2, 0.25) is 0 Å². The van der Waals surface area contributed by atoms with Crippen molar-refractivity contribution in [2.24, 2.45) is 0 Å². The van der Waals surface area contributed by atoms with Gasteiger partial charge in [0.25, 0.3) is 5.89 Å². The van der Waals surface area contributed by atoms with E-state index >= 15 is 0 Å². The lowest BCUT2D eigenvalue weighted by atomic mass is 10.1. The average Bonchev–Trinajstić information content (AvgIpc) is 3.03. The van der Waals surface area contributed by atoms with Gasteiger partial charge in [-0.3, -0.25) is 10.1 Å². The summed E-state index contributed by atoms with van der Waals surface area (Å²) in [6, 6.07) is 12.4. The molecule has 2 aromatic carbocycles. The Kier molecular flexibility index (Phi) is 4.24. The van der Waals surface area contributed by atoms with Gasteiger partial charge in [-0.15, -0.1) is 0 Å². The van der Waals surface area contributed by atoms with Crippen molar-refractivity contribution in [3.05, 3.63) is 69.5 Å². The van der Waals surface area contributed by atoms with Crippen molar-refractivity contribution < 1.29 is 14.2 Å². The fourth-order valence-electron chi connectivity index (χ4n) is 2.16. The monoisotopic (exact) mass is 325 g/mol. The van der Waals surface area contributed by atoms with E-state index in [-0.39, 0.29) is 18.0 Å². The second-order valence-corrected chi connectivity index (χ2v) is 5.40. The molecule has 1 aromatic heterocycles. The van der Waals surface area contributed by atoms with Crippen LogP contribution in [0.3, 0.4) is 0 Å². The maximum atomic E-state index is 11.1. The summed E-state index contributed by atoms with van der Waals surface area (Å²) in [7, 11) is 0. The van der Waals surface area contributed by atoms with E-state index in [0.29, 0.717) is 11.7 Å². The van der Waals surface area contributed by atoms with Gasteiger partial charge < -0.3 is 9.26 Å². The van der Waals surface area contributed by atoms with Crippen molar-refractivity contribution in [1.82, 2.24) is 10.1 Å². The lowest BCUT2D eigenvalue weighted by Crippen LogP contribution is -2.01. The highest BCUT2D eigenvalue weighted by Crippen LogP contribution is 2.28. The normalized spacial score (nSPS) is 10.6. The molecule has 0 spiro atoms. The Morgan fingerprint density at radius 2 is 1.83 bits per heavy atom. The number of ether oxygens (including phenoxy) is 1. The summed E-state index contributed by atoms with van der Waals surface area (Å²) < 4.78 is 10.7. The minimum atomic E-state index is -0.476. The molecule has 0 saturated carbocycles. The Labute approximate surface area is 138 Å². The van der Waals surface area contributed by atoms with Crippen LogP contribution in [-0.4, -0.2) is 15.1 Å². The highest BCUT2D eigenvalue weighted by molar-refractivity contribution is 5.53. The lowest BCUT2D eigenvalue weighted by Gasteiger charge is -2.04. The third-order valence-corrected chi connectivity index (χ3v) is 3.43. The molecule has 7 heteroatoms. The van der Waals surface area contributed by atoms with Gasteiger partial charge in [-0.2, -0.15) is 4.98 Å². The fraction of sp³-hybridized carbons (Fsp3) is 0.176. The molecule has 0 fully saturated rings. The quantitative estimate of drug-likeness (QED) is 0.523. The van der Waals surface area contributed by atoms with Crippen molar-refractivity contribution in [3.63, 3.8) is 0 Å². The van der Waals surface area contributed by atoms with Gasteiger partial charge in [0.2, 0.25) is 5.82 Å². The molecule has 0 radical (unpaired) electrons. The Balaban J connectivity index is 1.74. The molecule has 0 aliphatic heterocycles. The average molecular weight is 325 g/mol. The Bertz CT molecular complexity index is 872. The van der Waals surface area contributed by atoms with Crippen LogP contribution in [0.25, 0.3) is 11.5 Å². The van der Waals surface area contributed by atoms with Crippen LogP contribution in [0.15, 0.2) is 47.0 Å². The Morgan fingerprint density at radius 1 is 1.12 bits per heavy atom. The van der Waals surface area contributed by atoms with Gasteiger partial charge in [-0.25, -0.2) is 0 Å². The Hall–Kier alpha value is -3.22. The summed E-state index contributed by atoms with van der Waals surface area (Å²) in [5.74, 6) is 0.875. The number of nitrogens with zero attached hydrogens (tertiary/aromatic N) is 3. The molecule has 0 atom stereocenters. The van der Waals surface area contributed by atoms with E-state index in [1.807, 2.05) is 31.2 Å². The molecular weight excluding hydrogens is 310 g/mol. The standard InChI is InChI=1S/C17H15N3O4/c1-11-3-6-13(7-4-11)17-18-16(19-24-17)10-23-15-8-5-12(2)9-14(15)20(21)22/h3-9H,10H2,1-2H3. The SMILES string of the molecule is Cc1ccc(-c2nc(COc3ccc(C)cc3[N+](=O)[O-])no2)cc1. The van der Waals surface area contributed by atoms with Crippen LogP contribution in [0, 0.1) is 24.0 Å². The zero-order valence-corrected chi connectivity index (χ0v) is 13.2. The smallest absolute Gasteiger partial charge is 0.311 e. The highest BCUT2D eigenvalue weighted by atomic mass is 16.6. The molecule has 0 bridgehead atoms. The summed E-state index contributed by atoms with van der Waals surface area (Å²) >= 11 is 0. The van der Waals surface area contributed by atoms with Crippen LogP contribution in [0.5, 0.6) is 5.75 Å². The van der Waals surface area contributed by atoms with Crippen LogP contribution in [-0.2, 0) is 6.61 Å². The molecule has 122 valence electrons. The summed E-state index contributed by atoms with van der Waals surface area (Å²) in [6.45, 7) is 3.76. The van der Waals surface area contributed by atoms with E-state index in [1.165, 1.54) is 6.07 Å². The summed E-state index contributed by atoms with van der Waals surface area (Å²) in [4.78, 5) is 14.8. The zero-order valence-electron chi connectivity index (χ0n) is 13.2. The molecule has 0 amide bonds. The third-order valence-electron chi connectivity index (χ3n) is 3.43. The van der Waals surface area contributed by atoms with Crippen molar-refractivity contribution in [2.75, 3.05) is 0 Å². The molecule has 24 heavy (non-hydrogen) atoms. The van der Waals surface area contributed by atoms with Crippen molar-refractivity contribution >= 4 is 5.69 Å². The highest BCUT2D eigenvalue weighted by Gasteiger charge is 2.16.